The number of benzene rings is 2. The van der Waals surface area contributed by atoms with Gasteiger partial charge in [0, 0.05) is 18.5 Å². The van der Waals surface area contributed by atoms with Crippen molar-refractivity contribution in [3.8, 4) is 0 Å². The molecule has 0 aliphatic rings. The van der Waals surface area contributed by atoms with Crippen LogP contribution in [0.1, 0.15) is 34.3 Å². The van der Waals surface area contributed by atoms with E-state index < -0.39 is 18.6 Å². The molecule has 0 fully saturated rings. The van der Waals surface area contributed by atoms with Crippen LogP contribution >= 0.6 is 0 Å². The highest BCUT2D eigenvalue weighted by molar-refractivity contribution is 5.92. The molecule has 0 heterocycles. The SMILES string of the molecule is O=C(CCc1ccccc1C(=O)O)Nc1ccccc1CCC(F)(F)F. The summed E-state index contributed by atoms with van der Waals surface area (Å²) in [5.41, 5.74) is 1.41. The van der Waals surface area contributed by atoms with Gasteiger partial charge in [-0.3, -0.25) is 4.79 Å². The number of nitrogens with one attached hydrogen (secondary N) is 1. The maximum absolute atomic E-state index is 12.4. The Morgan fingerprint density at radius 2 is 1.54 bits per heavy atom. The number of aryl methyl sites for hydroxylation is 2. The van der Waals surface area contributed by atoms with E-state index in [4.69, 9.17) is 5.11 Å². The van der Waals surface area contributed by atoms with Crippen LogP contribution in [-0.4, -0.2) is 23.2 Å². The Bertz CT molecular complexity index is 788. The third-order valence-corrected chi connectivity index (χ3v) is 3.84. The second-order valence-electron chi connectivity index (χ2n) is 5.78. The summed E-state index contributed by atoms with van der Waals surface area (Å²) in [6.07, 6.45) is -5.21. The van der Waals surface area contributed by atoms with Gasteiger partial charge in [0.2, 0.25) is 5.91 Å². The molecular formula is C19H18F3NO3. The molecule has 0 aliphatic carbocycles. The number of aromatic carboxylic acids is 1. The average molecular weight is 365 g/mol. The largest absolute Gasteiger partial charge is 0.478 e. The van der Waals surface area contributed by atoms with Gasteiger partial charge < -0.3 is 10.4 Å². The standard InChI is InChI=1S/C19H18F3NO3/c20-19(21,22)12-11-14-6-2-4-8-16(14)23-17(24)10-9-13-5-1-3-7-15(13)18(25)26/h1-8H,9-12H2,(H,23,24)(H,25,26). The predicted octanol–water partition coefficient (Wildman–Crippen LogP) is 4.45. The van der Waals surface area contributed by atoms with E-state index in [1.54, 1.807) is 42.5 Å². The molecule has 26 heavy (non-hydrogen) atoms. The van der Waals surface area contributed by atoms with E-state index in [-0.39, 0.29) is 30.7 Å². The van der Waals surface area contributed by atoms with Gasteiger partial charge in [0.05, 0.1) is 5.56 Å². The molecule has 2 aromatic carbocycles. The number of rotatable bonds is 7. The second-order valence-corrected chi connectivity index (χ2v) is 5.78. The molecular weight excluding hydrogens is 347 g/mol. The molecule has 4 nitrogen and oxygen atoms in total. The summed E-state index contributed by atoms with van der Waals surface area (Å²) in [5.74, 6) is -1.46. The zero-order valence-corrected chi connectivity index (χ0v) is 13.8. The highest BCUT2D eigenvalue weighted by Crippen LogP contribution is 2.25. The van der Waals surface area contributed by atoms with Gasteiger partial charge >= 0.3 is 12.1 Å². The van der Waals surface area contributed by atoms with Gasteiger partial charge in [-0.25, -0.2) is 4.79 Å². The quantitative estimate of drug-likeness (QED) is 0.762. The van der Waals surface area contributed by atoms with E-state index in [0.29, 0.717) is 16.8 Å². The number of halogens is 3. The third kappa shape index (κ3) is 5.91. The van der Waals surface area contributed by atoms with Gasteiger partial charge in [0.25, 0.3) is 0 Å². The first-order chi connectivity index (χ1) is 12.3. The monoisotopic (exact) mass is 365 g/mol. The lowest BCUT2D eigenvalue weighted by Crippen LogP contribution is -2.15. The first-order valence-corrected chi connectivity index (χ1v) is 8.02. The van der Waals surface area contributed by atoms with E-state index in [1.165, 1.54) is 6.07 Å². The minimum absolute atomic E-state index is 0.0257. The number of hydrogen-bond acceptors (Lipinski definition) is 2. The Morgan fingerprint density at radius 3 is 2.19 bits per heavy atom. The van der Waals surface area contributed by atoms with Crippen LogP contribution in [0.5, 0.6) is 0 Å². The van der Waals surface area contributed by atoms with Crippen LogP contribution < -0.4 is 5.32 Å². The molecule has 0 saturated heterocycles. The molecule has 0 bridgehead atoms. The number of carbonyl (C=O) groups excluding carboxylic acids is 1. The van der Waals surface area contributed by atoms with Crippen molar-refractivity contribution in [1.29, 1.82) is 0 Å². The molecule has 2 rings (SSSR count). The zero-order chi connectivity index (χ0) is 19.2. The maximum Gasteiger partial charge on any atom is 0.389 e. The smallest absolute Gasteiger partial charge is 0.389 e. The zero-order valence-electron chi connectivity index (χ0n) is 13.8. The van der Waals surface area contributed by atoms with Crippen molar-refractivity contribution in [2.45, 2.75) is 31.9 Å². The van der Waals surface area contributed by atoms with Crippen molar-refractivity contribution in [3.63, 3.8) is 0 Å². The Labute approximate surface area is 148 Å². The number of carboxylic acids is 1. The minimum atomic E-state index is -4.27. The van der Waals surface area contributed by atoms with Crippen LogP contribution in [0.4, 0.5) is 18.9 Å². The second kappa shape index (κ2) is 8.51. The summed E-state index contributed by atoms with van der Waals surface area (Å²) in [6.45, 7) is 0. The van der Waals surface area contributed by atoms with Crippen molar-refractivity contribution in [3.05, 3.63) is 65.2 Å². The third-order valence-electron chi connectivity index (χ3n) is 3.84. The average Bonchev–Trinajstić information content (AvgIpc) is 2.58. The van der Waals surface area contributed by atoms with Crippen molar-refractivity contribution >= 4 is 17.6 Å². The molecule has 7 heteroatoms. The van der Waals surface area contributed by atoms with E-state index in [1.807, 2.05) is 0 Å². The van der Waals surface area contributed by atoms with Crippen molar-refractivity contribution in [2.75, 3.05) is 5.32 Å². The van der Waals surface area contributed by atoms with Gasteiger partial charge in [0.1, 0.15) is 0 Å². The van der Waals surface area contributed by atoms with E-state index in [0.717, 1.165) is 0 Å². The summed E-state index contributed by atoms with van der Waals surface area (Å²) < 4.78 is 37.2. The lowest BCUT2D eigenvalue weighted by molar-refractivity contribution is -0.133. The molecule has 0 aliphatic heterocycles. The number of carbonyl (C=O) groups is 2. The van der Waals surface area contributed by atoms with Crippen LogP contribution in [0.25, 0.3) is 0 Å². The molecule has 0 radical (unpaired) electrons. The predicted molar refractivity (Wildman–Crippen MR) is 91.2 cm³/mol. The normalized spacial score (nSPS) is 11.2. The van der Waals surface area contributed by atoms with E-state index in [2.05, 4.69) is 5.32 Å². The van der Waals surface area contributed by atoms with Gasteiger partial charge in [0.15, 0.2) is 0 Å². The molecule has 0 spiro atoms. The Balaban J connectivity index is 1.99. The van der Waals surface area contributed by atoms with Crippen molar-refractivity contribution < 1.29 is 27.9 Å². The number of anilines is 1. The number of carboxylic acid groups (broad SMARTS) is 1. The van der Waals surface area contributed by atoms with Crippen LogP contribution in [0.15, 0.2) is 48.5 Å². The van der Waals surface area contributed by atoms with Crippen LogP contribution in [0.2, 0.25) is 0 Å². The Morgan fingerprint density at radius 1 is 0.923 bits per heavy atom. The summed E-state index contributed by atoms with van der Waals surface area (Å²) in [6, 6.07) is 12.7. The lowest BCUT2D eigenvalue weighted by Gasteiger charge is -2.12. The number of amides is 1. The molecule has 138 valence electrons. The molecule has 0 aromatic heterocycles. The first-order valence-electron chi connectivity index (χ1n) is 8.02. The fraction of sp³-hybridized carbons (Fsp3) is 0.263. The fourth-order valence-electron chi connectivity index (χ4n) is 2.54. The molecule has 1 amide bonds. The molecule has 2 aromatic rings. The minimum Gasteiger partial charge on any atom is -0.478 e. The lowest BCUT2D eigenvalue weighted by atomic mass is 10.0. The summed E-state index contributed by atoms with van der Waals surface area (Å²) in [5, 5.41) is 11.7. The number of hydrogen-bond donors (Lipinski definition) is 2. The maximum atomic E-state index is 12.4. The van der Waals surface area contributed by atoms with E-state index >= 15 is 0 Å². The molecule has 0 atom stereocenters. The van der Waals surface area contributed by atoms with Gasteiger partial charge in [-0.1, -0.05) is 36.4 Å². The van der Waals surface area contributed by atoms with Crippen molar-refractivity contribution in [1.82, 2.24) is 0 Å². The highest BCUT2D eigenvalue weighted by Gasteiger charge is 2.27. The Kier molecular flexibility index (Phi) is 6.38. The van der Waals surface area contributed by atoms with Crippen molar-refractivity contribution in [2.24, 2.45) is 0 Å². The van der Waals surface area contributed by atoms with E-state index in [9.17, 15) is 22.8 Å². The van der Waals surface area contributed by atoms with Gasteiger partial charge in [-0.05, 0) is 36.1 Å². The van der Waals surface area contributed by atoms with Gasteiger partial charge in [-0.15, -0.1) is 0 Å². The highest BCUT2D eigenvalue weighted by atomic mass is 19.4. The topological polar surface area (TPSA) is 66.4 Å². The first kappa shape index (κ1) is 19.5. The number of para-hydroxylation sites is 1. The van der Waals surface area contributed by atoms with Gasteiger partial charge in [-0.2, -0.15) is 13.2 Å². The fourth-order valence-corrected chi connectivity index (χ4v) is 2.54. The summed E-state index contributed by atoms with van der Waals surface area (Å²) in [4.78, 5) is 23.3. The number of alkyl halides is 3. The van der Waals surface area contributed by atoms with Crippen LogP contribution in [-0.2, 0) is 17.6 Å². The van der Waals surface area contributed by atoms with Crippen LogP contribution in [0, 0.1) is 0 Å². The summed E-state index contributed by atoms with van der Waals surface area (Å²) in [7, 11) is 0. The molecule has 2 N–H and O–H groups in total. The van der Waals surface area contributed by atoms with Crippen LogP contribution in [0.3, 0.4) is 0 Å². The Hall–Kier alpha value is -2.83. The summed E-state index contributed by atoms with van der Waals surface area (Å²) >= 11 is 0. The molecule has 0 unspecified atom stereocenters. The molecule has 0 saturated carbocycles.